The van der Waals surface area contributed by atoms with Crippen molar-refractivity contribution in [1.29, 1.82) is 0 Å². The third-order valence-corrected chi connectivity index (χ3v) is 5.53. The molecule has 2 fully saturated rings. The highest BCUT2D eigenvalue weighted by Crippen LogP contribution is 2.58. The summed E-state index contributed by atoms with van der Waals surface area (Å²) in [6.45, 7) is 1.21. The summed E-state index contributed by atoms with van der Waals surface area (Å²) in [7, 11) is 0. The van der Waals surface area contributed by atoms with E-state index in [1.807, 2.05) is 6.26 Å². The Morgan fingerprint density at radius 2 is 2.29 bits per heavy atom. The molecule has 2 aliphatic heterocycles. The number of nitrogens with one attached hydrogen (secondary N) is 1. The van der Waals surface area contributed by atoms with Crippen molar-refractivity contribution in [2.75, 3.05) is 6.54 Å². The van der Waals surface area contributed by atoms with Crippen molar-refractivity contribution in [2.45, 2.75) is 51.0 Å². The molecule has 4 rings (SSSR count). The molecule has 0 aromatic heterocycles. The molecule has 1 N–H and O–H groups in total. The van der Waals surface area contributed by atoms with Crippen LogP contribution in [-0.4, -0.2) is 12.6 Å². The zero-order chi connectivity index (χ0) is 11.3. The second-order valence-corrected chi connectivity index (χ2v) is 6.12. The van der Waals surface area contributed by atoms with E-state index in [-0.39, 0.29) is 0 Å². The highest BCUT2D eigenvalue weighted by Gasteiger charge is 2.52. The summed E-state index contributed by atoms with van der Waals surface area (Å²) in [6, 6.07) is 0.689. The van der Waals surface area contributed by atoms with Gasteiger partial charge in [0, 0.05) is 17.9 Å². The van der Waals surface area contributed by atoms with E-state index in [2.05, 4.69) is 11.4 Å². The minimum absolute atomic E-state index is 0.506. The Balaban J connectivity index is 1.82. The Morgan fingerprint density at radius 1 is 1.29 bits per heavy atom. The molecule has 2 heteroatoms. The molecule has 2 bridgehead atoms. The molecular formula is C15H21NO. The van der Waals surface area contributed by atoms with E-state index in [1.165, 1.54) is 44.4 Å². The van der Waals surface area contributed by atoms with E-state index in [9.17, 15) is 0 Å². The summed E-state index contributed by atoms with van der Waals surface area (Å²) in [5.74, 6) is 2.20. The third-order valence-electron chi connectivity index (χ3n) is 5.53. The number of allylic oxidation sites excluding steroid dienone is 2. The Morgan fingerprint density at radius 3 is 3.29 bits per heavy atom. The van der Waals surface area contributed by atoms with Crippen molar-refractivity contribution >= 4 is 0 Å². The number of rotatable bonds is 0. The van der Waals surface area contributed by atoms with Crippen molar-refractivity contribution in [3.8, 4) is 0 Å². The van der Waals surface area contributed by atoms with Crippen LogP contribution in [0.15, 0.2) is 23.7 Å². The lowest BCUT2D eigenvalue weighted by Crippen LogP contribution is -2.57. The highest BCUT2D eigenvalue weighted by molar-refractivity contribution is 5.32. The predicted octanol–water partition coefficient (Wildman–Crippen LogP) is 3.12. The summed E-state index contributed by atoms with van der Waals surface area (Å²) in [5, 5.41) is 3.74. The van der Waals surface area contributed by atoms with Crippen molar-refractivity contribution in [3.63, 3.8) is 0 Å². The maximum absolute atomic E-state index is 5.82. The molecule has 92 valence electrons. The number of piperidine rings is 1. The van der Waals surface area contributed by atoms with Gasteiger partial charge in [0.1, 0.15) is 5.76 Å². The van der Waals surface area contributed by atoms with E-state index in [4.69, 9.17) is 4.74 Å². The maximum atomic E-state index is 5.82. The molecule has 1 saturated carbocycles. The second kappa shape index (κ2) is 3.61. The smallest absolute Gasteiger partial charge is 0.105 e. The van der Waals surface area contributed by atoms with Crippen molar-refractivity contribution in [3.05, 3.63) is 23.7 Å². The van der Waals surface area contributed by atoms with E-state index >= 15 is 0 Å². The Labute approximate surface area is 103 Å². The van der Waals surface area contributed by atoms with Crippen LogP contribution in [0.3, 0.4) is 0 Å². The number of hydrogen-bond acceptors (Lipinski definition) is 2. The van der Waals surface area contributed by atoms with Gasteiger partial charge in [-0.15, -0.1) is 0 Å². The van der Waals surface area contributed by atoms with Crippen LogP contribution in [0.25, 0.3) is 0 Å². The van der Waals surface area contributed by atoms with Gasteiger partial charge in [0.25, 0.3) is 0 Å². The Bertz CT molecular complexity index is 394. The monoisotopic (exact) mass is 231 g/mol. The van der Waals surface area contributed by atoms with Crippen LogP contribution in [0, 0.1) is 11.3 Å². The fourth-order valence-electron chi connectivity index (χ4n) is 4.86. The molecular weight excluding hydrogens is 210 g/mol. The van der Waals surface area contributed by atoms with Crippen LogP contribution < -0.4 is 5.32 Å². The average Bonchev–Trinajstić information content (AvgIpc) is 2.39. The van der Waals surface area contributed by atoms with Crippen LogP contribution in [0.2, 0.25) is 0 Å². The summed E-state index contributed by atoms with van der Waals surface area (Å²) < 4.78 is 5.82. The summed E-state index contributed by atoms with van der Waals surface area (Å²) in [5.41, 5.74) is 2.18. The Hall–Kier alpha value is -0.760. The fraction of sp³-hybridized carbons (Fsp3) is 0.733. The molecule has 0 amide bonds. The molecule has 0 unspecified atom stereocenters. The minimum Gasteiger partial charge on any atom is -0.470 e. The van der Waals surface area contributed by atoms with Gasteiger partial charge in [0.15, 0.2) is 0 Å². The lowest BCUT2D eigenvalue weighted by molar-refractivity contribution is 0.0255. The minimum atomic E-state index is 0.506. The van der Waals surface area contributed by atoms with Gasteiger partial charge >= 0.3 is 0 Å². The molecule has 3 atom stereocenters. The molecule has 17 heavy (non-hydrogen) atoms. The highest BCUT2D eigenvalue weighted by atomic mass is 16.5. The van der Waals surface area contributed by atoms with E-state index in [0.717, 1.165) is 18.8 Å². The van der Waals surface area contributed by atoms with E-state index < -0.39 is 0 Å². The lowest BCUT2D eigenvalue weighted by Gasteiger charge is -2.56. The van der Waals surface area contributed by atoms with Gasteiger partial charge in [0.2, 0.25) is 0 Å². The third kappa shape index (κ3) is 1.31. The quantitative estimate of drug-likeness (QED) is 0.691. The van der Waals surface area contributed by atoms with Gasteiger partial charge < -0.3 is 10.1 Å². The molecule has 2 nitrogen and oxygen atoms in total. The zero-order valence-corrected chi connectivity index (χ0v) is 10.4. The summed E-state index contributed by atoms with van der Waals surface area (Å²) >= 11 is 0. The first-order valence-corrected chi connectivity index (χ1v) is 7.18. The molecule has 0 aromatic rings. The van der Waals surface area contributed by atoms with Crippen LogP contribution in [0.1, 0.15) is 44.9 Å². The first kappa shape index (κ1) is 10.2. The topological polar surface area (TPSA) is 21.3 Å². The maximum Gasteiger partial charge on any atom is 0.105 e. The normalized spacial score (nSPS) is 43.8. The van der Waals surface area contributed by atoms with Crippen molar-refractivity contribution in [1.82, 2.24) is 5.32 Å². The van der Waals surface area contributed by atoms with Crippen LogP contribution >= 0.6 is 0 Å². The largest absolute Gasteiger partial charge is 0.470 e. The van der Waals surface area contributed by atoms with Gasteiger partial charge in [-0.2, -0.15) is 0 Å². The fourth-order valence-corrected chi connectivity index (χ4v) is 4.86. The standard InChI is InChI=1S/C15H21NO/c1-2-6-15-7-8-16-13(11(15)4-1)10-14-12(15)5-3-9-17-14/h3,9,11,13,16H,1-2,4-8,10H2/t11-,13+,15+/m0/s1. The summed E-state index contributed by atoms with van der Waals surface area (Å²) in [6.07, 6.45) is 13.4. The second-order valence-electron chi connectivity index (χ2n) is 6.12. The number of ether oxygens (including phenoxy) is 1. The summed E-state index contributed by atoms with van der Waals surface area (Å²) in [4.78, 5) is 0. The molecule has 2 heterocycles. The van der Waals surface area contributed by atoms with E-state index in [1.54, 1.807) is 5.57 Å². The van der Waals surface area contributed by atoms with Crippen LogP contribution in [0.5, 0.6) is 0 Å². The number of hydrogen-bond donors (Lipinski definition) is 1. The first-order valence-electron chi connectivity index (χ1n) is 7.18. The van der Waals surface area contributed by atoms with Crippen LogP contribution in [0.4, 0.5) is 0 Å². The van der Waals surface area contributed by atoms with Crippen LogP contribution in [-0.2, 0) is 4.74 Å². The average molecular weight is 231 g/mol. The molecule has 4 aliphatic rings. The molecule has 2 aliphatic carbocycles. The Kier molecular flexibility index (Phi) is 2.17. The van der Waals surface area contributed by atoms with Gasteiger partial charge in [-0.25, -0.2) is 0 Å². The van der Waals surface area contributed by atoms with Gasteiger partial charge in [-0.1, -0.05) is 12.8 Å². The predicted molar refractivity (Wildman–Crippen MR) is 67.3 cm³/mol. The molecule has 0 aromatic carbocycles. The molecule has 0 radical (unpaired) electrons. The van der Waals surface area contributed by atoms with Gasteiger partial charge in [-0.3, -0.25) is 0 Å². The van der Waals surface area contributed by atoms with E-state index in [0.29, 0.717) is 11.5 Å². The van der Waals surface area contributed by atoms with Crippen molar-refractivity contribution < 1.29 is 4.74 Å². The van der Waals surface area contributed by atoms with Crippen molar-refractivity contribution in [2.24, 2.45) is 11.3 Å². The SMILES string of the molecule is C1=COC2=C(C1)[C@@]13CCCC[C@H]1[C@@H](C2)NCC3. The van der Waals surface area contributed by atoms with Gasteiger partial charge in [0.05, 0.1) is 6.26 Å². The molecule has 1 saturated heterocycles. The molecule has 0 spiro atoms. The lowest BCUT2D eigenvalue weighted by atomic mass is 9.53. The first-order chi connectivity index (χ1) is 8.40. The van der Waals surface area contributed by atoms with Gasteiger partial charge in [-0.05, 0) is 49.8 Å². The zero-order valence-electron chi connectivity index (χ0n) is 10.4.